The van der Waals surface area contributed by atoms with Gasteiger partial charge in [0.15, 0.2) is 11.6 Å². The summed E-state index contributed by atoms with van der Waals surface area (Å²) in [6, 6.07) is 8.03. The molecule has 0 aliphatic heterocycles. The molecule has 2 heterocycles. The Hall–Kier alpha value is -4.47. The largest absolute Gasteiger partial charge is 0.573 e. The summed E-state index contributed by atoms with van der Waals surface area (Å²) < 4.78 is 43.8. The second-order valence-electron chi connectivity index (χ2n) is 8.21. The molecule has 36 heavy (non-hydrogen) atoms. The van der Waals surface area contributed by atoms with E-state index in [1.54, 1.807) is 13.0 Å². The average molecular weight is 499 g/mol. The predicted molar refractivity (Wildman–Crippen MR) is 119 cm³/mol. The minimum atomic E-state index is -4.90. The summed E-state index contributed by atoms with van der Waals surface area (Å²) in [4.78, 5) is 33.0. The van der Waals surface area contributed by atoms with Crippen LogP contribution in [0.5, 0.6) is 5.75 Å². The summed E-state index contributed by atoms with van der Waals surface area (Å²) >= 11 is 0. The van der Waals surface area contributed by atoms with Gasteiger partial charge in [-0.3, -0.25) is 14.9 Å². The molecule has 0 spiro atoms. The number of anilines is 1. The van der Waals surface area contributed by atoms with E-state index < -0.39 is 30.0 Å². The van der Waals surface area contributed by atoms with E-state index in [2.05, 4.69) is 30.4 Å². The first kappa shape index (κ1) is 24.6. The van der Waals surface area contributed by atoms with Crippen LogP contribution in [-0.4, -0.2) is 37.9 Å². The molecule has 4 rings (SSSR count). The van der Waals surface area contributed by atoms with Crippen molar-refractivity contribution in [3.8, 4) is 17.6 Å². The molecule has 1 atom stereocenters. The second kappa shape index (κ2) is 9.65. The van der Waals surface area contributed by atoms with Crippen LogP contribution in [0.2, 0.25) is 0 Å². The van der Waals surface area contributed by atoms with E-state index in [0.29, 0.717) is 11.1 Å². The third-order valence-electron chi connectivity index (χ3n) is 5.22. The number of benzene rings is 1. The van der Waals surface area contributed by atoms with Gasteiger partial charge in [0.1, 0.15) is 11.8 Å². The number of hydrogen-bond acceptors (Lipinski definition) is 7. The molecule has 0 bridgehead atoms. The van der Waals surface area contributed by atoms with Crippen molar-refractivity contribution in [1.82, 2.24) is 25.1 Å². The van der Waals surface area contributed by atoms with Gasteiger partial charge < -0.3 is 10.1 Å². The fraction of sp³-hybridized carbons (Fsp3) is 0.304. The van der Waals surface area contributed by atoms with E-state index in [4.69, 9.17) is 5.26 Å². The Morgan fingerprint density at radius 3 is 2.58 bits per heavy atom. The highest BCUT2D eigenvalue weighted by atomic mass is 19.4. The van der Waals surface area contributed by atoms with Crippen molar-refractivity contribution < 1.29 is 27.5 Å². The van der Waals surface area contributed by atoms with E-state index in [9.17, 15) is 22.8 Å². The van der Waals surface area contributed by atoms with Gasteiger partial charge in [-0.1, -0.05) is 0 Å². The van der Waals surface area contributed by atoms with E-state index in [0.717, 1.165) is 18.9 Å². The number of ether oxygens (including phenoxy) is 1. The molecular weight excluding hydrogens is 479 g/mol. The van der Waals surface area contributed by atoms with Crippen LogP contribution >= 0.6 is 0 Å². The highest BCUT2D eigenvalue weighted by Crippen LogP contribution is 2.42. The molecule has 186 valence electrons. The quantitative estimate of drug-likeness (QED) is 0.505. The van der Waals surface area contributed by atoms with Gasteiger partial charge in [0.2, 0.25) is 11.9 Å². The Morgan fingerprint density at radius 1 is 1.25 bits per heavy atom. The molecule has 2 N–H and O–H groups in total. The molecule has 1 saturated carbocycles. The summed E-state index contributed by atoms with van der Waals surface area (Å²) in [5, 5.41) is 18.4. The van der Waals surface area contributed by atoms with Gasteiger partial charge in [-0.2, -0.15) is 14.9 Å². The Kier molecular flexibility index (Phi) is 6.61. The van der Waals surface area contributed by atoms with Crippen LogP contribution in [0, 0.1) is 11.3 Å². The monoisotopic (exact) mass is 499 g/mol. The average Bonchev–Trinajstić information content (AvgIpc) is 3.58. The predicted octanol–water partition coefficient (Wildman–Crippen LogP) is 3.76. The number of nitrogens with zero attached hydrogens (tertiary/aromatic N) is 5. The van der Waals surface area contributed by atoms with Crippen molar-refractivity contribution in [2.45, 2.75) is 45.0 Å². The number of aromatic nitrogens is 4. The number of halogens is 3. The third-order valence-corrected chi connectivity index (χ3v) is 5.22. The maximum absolute atomic E-state index is 13.0. The first-order valence-corrected chi connectivity index (χ1v) is 10.8. The maximum Gasteiger partial charge on any atom is 0.573 e. The van der Waals surface area contributed by atoms with Crippen molar-refractivity contribution >= 4 is 17.8 Å². The van der Waals surface area contributed by atoms with Gasteiger partial charge in [0, 0.05) is 18.7 Å². The summed E-state index contributed by atoms with van der Waals surface area (Å²) in [5.74, 6) is -1.04. The fourth-order valence-corrected chi connectivity index (χ4v) is 3.50. The first-order valence-electron chi connectivity index (χ1n) is 10.8. The summed E-state index contributed by atoms with van der Waals surface area (Å²) in [7, 11) is 0. The molecule has 2 amide bonds. The van der Waals surface area contributed by atoms with Gasteiger partial charge in [-0.05, 0) is 61.6 Å². The number of carbonyl (C=O) groups is 2. The van der Waals surface area contributed by atoms with Crippen molar-refractivity contribution in [2.75, 3.05) is 5.32 Å². The lowest BCUT2D eigenvalue weighted by molar-refractivity contribution is -0.274. The van der Waals surface area contributed by atoms with Crippen LogP contribution in [0.4, 0.5) is 19.1 Å². The SMILES string of the molecule is CC(=O)Nc1nc(C(C)NC(=O)c2cc(OC(F)(F)F)cc(C3CC3)c2)n(-c2ccc(C#N)cn2)n1. The number of carbonyl (C=O) groups excluding carboxylic acids is 2. The second-order valence-corrected chi connectivity index (χ2v) is 8.21. The maximum atomic E-state index is 13.0. The van der Waals surface area contributed by atoms with E-state index in [-0.39, 0.29) is 29.1 Å². The smallest absolute Gasteiger partial charge is 0.406 e. The van der Waals surface area contributed by atoms with Crippen molar-refractivity contribution in [1.29, 1.82) is 5.26 Å². The molecule has 1 unspecified atom stereocenters. The van der Waals surface area contributed by atoms with Crippen molar-refractivity contribution in [3.63, 3.8) is 0 Å². The number of amides is 2. The van der Waals surface area contributed by atoms with E-state index >= 15 is 0 Å². The fourth-order valence-electron chi connectivity index (χ4n) is 3.50. The van der Waals surface area contributed by atoms with Crippen LogP contribution in [0.3, 0.4) is 0 Å². The number of hydrogen-bond donors (Lipinski definition) is 2. The van der Waals surface area contributed by atoms with Crippen molar-refractivity contribution in [3.05, 3.63) is 59.0 Å². The molecule has 13 heteroatoms. The number of nitrogens with one attached hydrogen (secondary N) is 2. The number of alkyl halides is 3. The molecule has 3 aromatic rings. The highest BCUT2D eigenvalue weighted by Gasteiger charge is 2.33. The molecule has 0 saturated heterocycles. The van der Waals surface area contributed by atoms with Gasteiger partial charge in [-0.25, -0.2) is 4.98 Å². The third kappa shape index (κ3) is 5.96. The number of nitriles is 1. The van der Waals surface area contributed by atoms with E-state index in [1.807, 2.05) is 6.07 Å². The van der Waals surface area contributed by atoms with Crippen molar-refractivity contribution in [2.24, 2.45) is 0 Å². The highest BCUT2D eigenvalue weighted by molar-refractivity contribution is 5.95. The molecule has 10 nitrogen and oxygen atoms in total. The Labute approximate surface area is 203 Å². The zero-order chi connectivity index (χ0) is 26.0. The summed E-state index contributed by atoms with van der Waals surface area (Å²) in [5.41, 5.74) is 0.902. The van der Waals surface area contributed by atoms with Crippen LogP contribution in [-0.2, 0) is 4.79 Å². The van der Waals surface area contributed by atoms with Crippen LogP contribution < -0.4 is 15.4 Å². The molecular formula is C23H20F3N7O3. The minimum Gasteiger partial charge on any atom is -0.406 e. The van der Waals surface area contributed by atoms with Gasteiger partial charge >= 0.3 is 6.36 Å². The Bertz CT molecular complexity index is 1340. The van der Waals surface area contributed by atoms with Crippen LogP contribution in [0.15, 0.2) is 36.5 Å². The minimum absolute atomic E-state index is 0.00449. The molecule has 0 radical (unpaired) electrons. The lowest BCUT2D eigenvalue weighted by Crippen LogP contribution is -2.29. The topological polar surface area (TPSA) is 135 Å². The van der Waals surface area contributed by atoms with Crippen LogP contribution in [0.1, 0.15) is 66.0 Å². The zero-order valence-corrected chi connectivity index (χ0v) is 19.1. The molecule has 1 fully saturated rings. The lowest BCUT2D eigenvalue weighted by Gasteiger charge is -2.16. The first-order chi connectivity index (χ1) is 17.0. The molecule has 2 aromatic heterocycles. The van der Waals surface area contributed by atoms with E-state index in [1.165, 1.54) is 36.0 Å². The molecule has 1 aliphatic rings. The molecule has 1 aliphatic carbocycles. The number of rotatable bonds is 7. The normalized spacial score (nSPS) is 14.0. The van der Waals surface area contributed by atoms with Gasteiger partial charge in [0.25, 0.3) is 5.91 Å². The summed E-state index contributed by atoms with van der Waals surface area (Å²) in [6.45, 7) is 2.87. The Balaban J connectivity index is 1.63. The van der Waals surface area contributed by atoms with Gasteiger partial charge in [-0.15, -0.1) is 18.3 Å². The van der Waals surface area contributed by atoms with Gasteiger partial charge in [0.05, 0.1) is 11.6 Å². The summed E-state index contributed by atoms with van der Waals surface area (Å²) in [6.07, 6.45) is -1.93. The zero-order valence-electron chi connectivity index (χ0n) is 19.1. The number of pyridine rings is 1. The molecule has 1 aromatic carbocycles. The van der Waals surface area contributed by atoms with Crippen LogP contribution in [0.25, 0.3) is 5.82 Å². The standard InChI is InChI=1S/C23H20F3N7O3/c1-12(20-31-22(30-13(2)34)32-33(20)19-6-3-14(10-27)11-28-19)29-21(35)17-7-16(15-4-5-15)8-18(9-17)36-23(24,25)26/h3,6-9,11-12,15H,4-5H2,1-2H3,(H,29,35)(H,30,32,34). The Morgan fingerprint density at radius 2 is 2.00 bits per heavy atom. The lowest BCUT2D eigenvalue weighted by atomic mass is 10.1.